The zero-order chi connectivity index (χ0) is 21.7. The Morgan fingerprint density at radius 1 is 1.07 bits per heavy atom. The molecule has 3 N–H and O–H groups in total. The molecule has 2 bridgehead atoms. The SMILES string of the molecule is CCCN(CCC)S(=O)(=O)c1ccc(C(=O)NNC(=S)N[C@H]2C[C@H]3CC[C@@H]2C3)cc1. The van der Waals surface area contributed by atoms with E-state index in [4.69, 9.17) is 12.2 Å². The van der Waals surface area contributed by atoms with E-state index >= 15 is 0 Å². The smallest absolute Gasteiger partial charge is 0.269 e. The van der Waals surface area contributed by atoms with Crippen LogP contribution in [-0.4, -0.2) is 42.9 Å². The van der Waals surface area contributed by atoms with Crippen LogP contribution in [0.25, 0.3) is 0 Å². The number of carbonyl (C=O) groups is 1. The number of hydrogen-bond donors (Lipinski definition) is 3. The lowest BCUT2D eigenvalue weighted by molar-refractivity contribution is 0.0943. The first kappa shape index (κ1) is 23.0. The normalized spacial score (nSPS) is 22.8. The Hall–Kier alpha value is -1.71. The zero-order valence-corrected chi connectivity index (χ0v) is 19.3. The standard InChI is InChI=1S/C21H32N4O3S2/c1-3-11-25(12-4-2)30(27,28)18-9-7-16(8-10-18)20(26)23-24-21(29)22-19-14-15-5-6-17(19)13-15/h7-10,15,17,19H,3-6,11-14H2,1-2H3,(H,23,26)(H2,22,24,29)/t15-,17+,19-/m0/s1. The van der Waals surface area contributed by atoms with E-state index in [1.807, 2.05) is 13.8 Å². The average Bonchev–Trinajstić information content (AvgIpc) is 3.35. The summed E-state index contributed by atoms with van der Waals surface area (Å²) in [7, 11) is -3.56. The Bertz CT molecular complexity index is 852. The first-order chi connectivity index (χ1) is 14.3. The molecule has 2 fully saturated rings. The van der Waals surface area contributed by atoms with Gasteiger partial charge in [-0.25, -0.2) is 8.42 Å². The summed E-state index contributed by atoms with van der Waals surface area (Å²) >= 11 is 5.30. The Kier molecular flexibility index (Phi) is 7.70. The molecule has 0 aliphatic heterocycles. The van der Waals surface area contributed by atoms with Gasteiger partial charge in [-0.1, -0.05) is 20.3 Å². The van der Waals surface area contributed by atoms with Crippen LogP contribution in [0.1, 0.15) is 62.7 Å². The minimum absolute atomic E-state index is 0.197. The molecular weight excluding hydrogens is 420 g/mol. The van der Waals surface area contributed by atoms with Crippen molar-refractivity contribution < 1.29 is 13.2 Å². The molecule has 0 radical (unpaired) electrons. The van der Waals surface area contributed by atoms with Crippen LogP contribution in [0.3, 0.4) is 0 Å². The molecule has 30 heavy (non-hydrogen) atoms. The van der Waals surface area contributed by atoms with Gasteiger partial charge >= 0.3 is 0 Å². The van der Waals surface area contributed by atoms with Crippen LogP contribution >= 0.6 is 12.2 Å². The van der Waals surface area contributed by atoms with E-state index in [0.717, 1.165) is 25.2 Å². The number of benzene rings is 1. The Labute approximate surface area is 185 Å². The predicted molar refractivity (Wildman–Crippen MR) is 121 cm³/mol. The van der Waals surface area contributed by atoms with Crippen LogP contribution < -0.4 is 16.2 Å². The van der Waals surface area contributed by atoms with Crippen LogP contribution in [0.15, 0.2) is 29.2 Å². The predicted octanol–water partition coefficient (Wildman–Crippen LogP) is 2.79. The molecule has 9 heteroatoms. The molecule has 0 spiro atoms. The third-order valence-corrected chi connectivity index (χ3v) is 8.18. The van der Waals surface area contributed by atoms with Crippen molar-refractivity contribution in [2.24, 2.45) is 11.8 Å². The Morgan fingerprint density at radius 2 is 1.73 bits per heavy atom. The van der Waals surface area contributed by atoms with Crippen LogP contribution in [-0.2, 0) is 10.0 Å². The molecule has 0 saturated heterocycles. The molecule has 3 rings (SSSR count). The maximum absolute atomic E-state index is 12.8. The number of nitrogens with zero attached hydrogens (tertiary/aromatic N) is 1. The van der Waals surface area contributed by atoms with E-state index in [2.05, 4.69) is 16.2 Å². The highest BCUT2D eigenvalue weighted by molar-refractivity contribution is 7.89. The summed E-state index contributed by atoms with van der Waals surface area (Å²) in [5.74, 6) is 1.13. The van der Waals surface area contributed by atoms with Crippen molar-refractivity contribution >= 4 is 33.3 Å². The lowest BCUT2D eigenvalue weighted by Crippen LogP contribution is -2.50. The second kappa shape index (κ2) is 10.1. The Morgan fingerprint density at radius 3 is 2.27 bits per heavy atom. The van der Waals surface area contributed by atoms with E-state index in [0.29, 0.717) is 35.7 Å². The lowest BCUT2D eigenvalue weighted by atomic mass is 9.96. The second-order valence-corrected chi connectivity index (χ2v) is 10.6. The van der Waals surface area contributed by atoms with Gasteiger partial charge in [-0.15, -0.1) is 0 Å². The number of fused-ring (bicyclic) bond motifs is 2. The van der Waals surface area contributed by atoms with Gasteiger partial charge in [0.25, 0.3) is 5.91 Å². The van der Waals surface area contributed by atoms with Crippen molar-refractivity contribution in [1.82, 2.24) is 20.5 Å². The van der Waals surface area contributed by atoms with Crippen molar-refractivity contribution in [3.63, 3.8) is 0 Å². The topological polar surface area (TPSA) is 90.5 Å². The summed E-state index contributed by atoms with van der Waals surface area (Å²) in [4.78, 5) is 12.6. The molecule has 0 heterocycles. The number of sulfonamides is 1. The molecule has 1 aromatic carbocycles. The van der Waals surface area contributed by atoms with E-state index < -0.39 is 10.0 Å². The summed E-state index contributed by atoms with van der Waals surface area (Å²) in [5.41, 5.74) is 5.71. The van der Waals surface area contributed by atoms with Gasteiger partial charge in [0.05, 0.1) is 4.90 Å². The van der Waals surface area contributed by atoms with Gasteiger partial charge in [0.15, 0.2) is 5.11 Å². The largest absolute Gasteiger partial charge is 0.358 e. The monoisotopic (exact) mass is 452 g/mol. The minimum Gasteiger partial charge on any atom is -0.358 e. The Balaban J connectivity index is 1.53. The van der Waals surface area contributed by atoms with E-state index in [9.17, 15) is 13.2 Å². The molecule has 1 aromatic rings. The van der Waals surface area contributed by atoms with Gasteiger partial charge in [-0.2, -0.15) is 4.31 Å². The first-order valence-corrected chi connectivity index (χ1v) is 12.7. The van der Waals surface area contributed by atoms with Gasteiger partial charge in [0.2, 0.25) is 10.0 Å². The minimum atomic E-state index is -3.56. The molecule has 166 valence electrons. The van der Waals surface area contributed by atoms with Crippen molar-refractivity contribution in [2.75, 3.05) is 13.1 Å². The molecular formula is C21H32N4O3S2. The van der Waals surface area contributed by atoms with Crippen LogP contribution in [0.2, 0.25) is 0 Å². The fraction of sp³-hybridized carbons (Fsp3) is 0.619. The lowest BCUT2D eigenvalue weighted by Gasteiger charge is -2.24. The number of hydrogen-bond acceptors (Lipinski definition) is 4. The molecule has 2 aliphatic rings. The van der Waals surface area contributed by atoms with Gasteiger partial charge in [0, 0.05) is 24.7 Å². The molecule has 3 atom stereocenters. The first-order valence-electron chi connectivity index (χ1n) is 10.8. The fourth-order valence-corrected chi connectivity index (χ4v) is 6.42. The molecule has 2 saturated carbocycles. The van der Waals surface area contributed by atoms with Gasteiger partial charge in [-0.3, -0.25) is 15.6 Å². The van der Waals surface area contributed by atoms with E-state index in [1.54, 1.807) is 0 Å². The number of hydrazine groups is 1. The highest BCUT2D eigenvalue weighted by Gasteiger charge is 2.39. The van der Waals surface area contributed by atoms with E-state index in [1.165, 1.54) is 47.8 Å². The summed E-state index contributed by atoms with van der Waals surface area (Å²) in [6.45, 7) is 4.87. The van der Waals surface area contributed by atoms with E-state index in [-0.39, 0.29) is 10.8 Å². The third-order valence-electron chi connectivity index (χ3n) is 6.04. The van der Waals surface area contributed by atoms with Crippen LogP contribution in [0, 0.1) is 11.8 Å². The zero-order valence-electron chi connectivity index (χ0n) is 17.7. The van der Waals surface area contributed by atoms with Crippen LogP contribution in [0.4, 0.5) is 0 Å². The quantitative estimate of drug-likeness (QED) is 0.415. The number of thiocarbonyl (C=S) groups is 1. The maximum atomic E-state index is 12.8. The van der Waals surface area contributed by atoms with Crippen molar-refractivity contribution in [3.8, 4) is 0 Å². The third kappa shape index (κ3) is 5.31. The average molecular weight is 453 g/mol. The van der Waals surface area contributed by atoms with Crippen molar-refractivity contribution in [2.45, 2.75) is 63.3 Å². The number of carbonyl (C=O) groups excluding carboxylic acids is 1. The summed E-state index contributed by atoms with van der Waals surface area (Å²) in [5, 5.41) is 3.72. The summed E-state index contributed by atoms with van der Waals surface area (Å²) in [6.07, 6.45) is 6.49. The van der Waals surface area contributed by atoms with Gasteiger partial charge in [0.1, 0.15) is 0 Å². The summed E-state index contributed by atoms with van der Waals surface area (Å²) < 4.78 is 27.1. The maximum Gasteiger partial charge on any atom is 0.269 e. The highest BCUT2D eigenvalue weighted by Crippen LogP contribution is 2.44. The van der Waals surface area contributed by atoms with Gasteiger partial charge in [-0.05, 0) is 80.4 Å². The molecule has 7 nitrogen and oxygen atoms in total. The molecule has 0 unspecified atom stereocenters. The van der Waals surface area contributed by atoms with Crippen molar-refractivity contribution in [3.05, 3.63) is 29.8 Å². The van der Waals surface area contributed by atoms with Crippen LogP contribution in [0.5, 0.6) is 0 Å². The number of nitrogens with one attached hydrogen (secondary N) is 3. The van der Waals surface area contributed by atoms with Gasteiger partial charge < -0.3 is 5.32 Å². The highest BCUT2D eigenvalue weighted by atomic mass is 32.2. The molecule has 0 aromatic heterocycles. The molecule has 1 amide bonds. The summed E-state index contributed by atoms with van der Waals surface area (Å²) in [6, 6.07) is 6.39. The molecule has 2 aliphatic carbocycles. The number of amides is 1. The number of rotatable bonds is 8. The second-order valence-electron chi connectivity index (χ2n) is 8.26. The van der Waals surface area contributed by atoms with Crippen molar-refractivity contribution in [1.29, 1.82) is 0 Å². The fourth-order valence-electron chi connectivity index (χ4n) is 4.59.